The van der Waals surface area contributed by atoms with Crippen LogP contribution in [0, 0.1) is 0 Å². The molecule has 33 heavy (non-hydrogen) atoms. The highest BCUT2D eigenvalue weighted by atomic mass is 35.5. The summed E-state index contributed by atoms with van der Waals surface area (Å²) in [5, 5.41) is 0.694. The number of morpholine rings is 1. The monoisotopic (exact) mass is 463 g/mol. The number of carbonyl (C=O) groups is 1. The molecule has 1 aliphatic carbocycles. The van der Waals surface area contributed by atoms with Crippen LogP contribution in [0.1, 0.15) is 49.3 Å². The number of hydrogen-bond donors (Lipinski definition) is 0. The predicted octanol–water partition coefficient (Wildman–Crippen LogP) is 5.33. The number of ether oxygens (including phenoxy) is 1. The van der Waals surface area contributed by atoms with Gasteiger partial charge in [-0.25, -0.2) is 4.99 Å². The van der Waals surface area contributed by atoms with E-state index in [0.29, 0.717) is 23.9 Å². The fourth-order valence-electron chi connectivity index (χ4n) is 5.17. The van der Waals surface area contributed by atoms with Gasteiger partial charge >= 0.3 is 0 Å². The normalized spacial score (nSPS) is 22.6. The lowest BCUT2D eigenvalue weighted by Gasteiger charge is -2.39. The lowest BCUT2D eigenvalue weighted by atomic mass is 9.92. The molecule has 2 heterocycles. The summed E-state index contributed by atoms with van der Waals surface area (Å²) in [7, 11) is 0. The van der Waals surface area contributed by atoms with E-state index in [2.05, 4.69) is 11.0 Å². The Balaban J connectivity index is 1.60. The molecule has 5 rings (SSSR count). The standard InChI is InChI=1S/C27H30ClN3O2/c28-22-11-7-10-21(19-22)25(30-14-16-33-17-15-30)26-29-24(18-20-8-3-1-4-9-20)27(32)31(26)23-12-5-2-6-13-23/h1,3-4,7-11,18-19,23,25H,2,5-6,12-17H2/b24-18-. The van der Waals surface area contributed by atoms with Crippen LogP contribution in [-0.2, 0) is 9.53 Å². The number of aliphatic imine (C=N–C) groups is 1. The zero-order chi connectivity index (χ0) is 22.6. The van der Waals surface area contributed by atoms with E-state index >= 15 is 0 Å². The summed E-state index contributed by atoms with van der Waals surface area (Å²) in [6, 6.07) is 18.0. The topological polar surface area (TPSA) is 45.1 Å². The van der Waals surface area contributed by atoms with Gasteiger partial charge in [0.2, 0.25) is 0 Å². The third-order valence-corrected chi connectivity index (χ3v) is 7.02. The van der Waals surface area contributed by atoms with Crippen molar-refractivity contribution in [1.29, 1.82) is 0 Å². The van der Waals surface area contributed by atoms with Crippen molar-refractivity contribution in [2.24, 2.45) is 4.99 Å². The van der Waals surface area contributed by atoms with E-state index in [-0.39, 0.29) is 18.0 Å². The minimum Gasteiger partial charge on any atom is -0.379 e. The number of amides is 1. The fraction of sp³-hybridized carbons (Fsp3) is 0.407. The van der Waals surface area contributed by atoms with E-state index in [1.54, 1.807) is 0 Å². The highest BCUT2D eigenvalue weighted by Crippen LogP contribution is 2.36. The maximum absolute atomic E-state index is 13.8. The second kappa shape index (κ2) is 10.2. The summed E-state index contributed by atoms with van der Waals surface area (Å²) < 4.78 is 5.64. The second-order valence-electron chi connectivity index (χ2n) is 8.98. The van der Waals surface area contributed by atoms with E-state index in [1.807, 2.05) is 59.5 Å². The van der Waals surface area contributed by atoms with Gasteiger partial charge in [-0.15, -0.1) is 0 Å². The highest BCUT2D eigenvalue weighted by molar-refractivity contribution is 6.30. The van der Waals surface area contributed by atoms with E-state index in [0.717, 1.165) is 55.7 Å². The number of nitrogens with zero attached hydrogens (tertiary/aromatic N) is 3. The second-order valence-corrected chi connectivity index (χ2v) is 9.42. The van der Waals surface area contributed by atoms with Crippen molar-refractivity contribution in [3.63, 3.8) is 0 Å². The van der Waals surface area contributed by atoms with E-state index < -0.39 is 0 Å². The zero-order valence-corrected chi connectivity index (χ0v) is 19.6. The van der Waals surface area contributed by atoms with Crippen LogP contribution in [-0.4, -0.2) is 53.9 Å². The Bertz CT molecular complexity index is 1040. The molecule has 1 unspecified atom stereocenters. The van der Waals surface area contributed by atoms with Gasteiger partial charge in [-0.3, -0.25) is 14.6 Å². The maximum atomic E-state index is 13.8. The molecule has 172 valence electrons. The SMILES string of the molecule is O=C1/C(=C/c2ccccc2)N=C(C(c2cccc(Cl)c2)N2CCOCC2)N1C1CCCCC1. The summed E-state index contributed by atoms with van der Waals surface area (Å²) in [5.41, 5.74) is 2.57. The maximum Gasteiger partial charge on any atom is 0.278 e. The minimum absolute atomic E-state index is 0.0149. The molecule has 3 aliphatic rings. The van der Waals surface area contributed by atoms with Crippen molar-refractivity contribution in [2.75, 3.05) is 26.3 Å². The molecule has 2 aliphatic heterocycles. The molecule has 2 aromatic rings. The van der Waals surface area contributed by atoms with Gasteiger partial charge in [0.1, 0.15) is 11.5 Å². The first-order chi connectivity index (χ1) is 16.2. The fourth-order valence-corrected chi connectivity index (χ4v) is 5.37. The van der Waals surface area contributed by atoms with Gasteiger partial charge in [-0.1, -0.05) is 73.3 Å². The predicted molar refractivity (Wildman–Crippen MR) is 132 cm³/mol. The van der Waals surface area contributed by atoms with Crippen LogP contribution in [0.2, 0.25) is 5.02 Å². The number of rotatable bonds is 5. The smallest absolute Gasteiger partial charge is 0.278 e. The third kappa shape index (κ3) is 4.91. The summed E-state index contributed by atoms with van der Waals surface area (Å²) in [4.78, 5) is 23.2. The Kier molecular flexibility index (Phi) is 6.91. The molecule has 6 heteroatoms. The van der Waals surface area contributed by atoms with Crippen molar-refractivity contribution in [3.05, 3.63) is 76.4 Å². The van der Waals surface area contributed by atoms with Gasteiger partial charge in [-0.05, 0) is 42.2 Å². The van der Waals surface area contributed by atoms with Crippen molar-refractivity contribution >= 4 is 29.4 Å². The van der Waals surface area contributed by atoms with Crippen LogP contribution in [0.4, 0.5) is 0 Å². The minimum atomic E-state index is -0.139. The molecular formula is C27H30ClN3O2. The van der Waals surface area contributed by atoms with E-state index in [1.165, 1.54) is 6.42 Å². The lowest BCUT2D eigenvalue weighted by molar-refractivity contribution is -0.124. The molecular weight excluding hydrogens is 434 g/mol. The lowest BCUT2D eigenvalue weighted by Crippen LogP contribution is -2.50. The molecule has 2 fully saturated rings. The van der Waals surface area contributed by atoms with Gasteiger partial charge in [0.05, 0.1) is 19.3 Å². The molecule has 1 amide bonds. The van der Waals surface area contributed by atoms with Crippen LogP contribution in [0.15, 0.2) is 65.3 Å². The first-order valence-electron chi connectivity index (χ1n) is 12.0. The largest absolute Gasteiger partial charge is 0.379 e. The first kappa shape index (κ1) is 22.3. The summed E-state index contributed by atoms with van der Waals surface area (Å²) in [6.07, 6.45) is 7.50. The molecule has 5 nitrogen and oxygen atoms in total. The number of carbonyl (C=O) groups excluding carboxylic acids is 1. The number of hydrogen-bond acceptors (Lipinski definition) is 4. The van der Waals surface area contributed by atoms with E-state index in [9.17, 15) is 4.79 Å². The summed E-state index contributed by atoms with van der Waals surface area (Å²) >= 11 is 6.41. The van der Waals surface area contributed by atoms with Gasteiger partial charge in [0.25, 0.3) is 5.91 Å². The Labute approximate surface area is 200 Å². The van der Waals surface area contributed by atoms with E-state index in [4.69, 9.17) is 21.3 Å². The number of benzene rings is 2. The molecule has 1 saturated carbocycles. The number of halogens is 1. The van der Waals surface area contributed by atoms with Crippen molar-refractivity contribution in [2.45, 2.75) is 44.2 Å². The molecule has 0 N–H and O–H groups in total. The molecule has 2 aromatic carbocycles. The molecule has 0 aromatic heterocycles. The Morgan fingerprint density at radius 1 is 1.00 bits per heavy atom. The molecule has 0 bridgehead atoms. The van der Waals surface area contributed by atoms with Crippen molar-refractivity contribution in [3.8, 4) is 0 Å². The van der Waals surface area contributed by atoms with Gasteiger partial charge in [0, 0.05) is 24.2 Å². The van der Waals surface area contributed by atoms with Gasteiger partial charge < -0.3 is 4.74 Å². The summed E-state index contributed by atoms with van der Waals surface area (Å²) in [6.45, 7) is 2.93. The molecule has 1 atom stereocenters. The Morgan fingerprint density at radius 3 is 2.48 bits per heavy atom. The molecule has 0 spiro atoms. The number of amidine groups is 1. The Morgan fingerprint density at radius 2 is 1.76 bits per heavy atom. The van der Waals surface area contributed by atoms with Crippen LogP contribution in [0.3, 0.4) is 0 Å². The van der Waals surface area contributed by atoms with Crippen molar-refractivity contribution in [1.82, 2.24) is 9.80 Å². The quantitative estimate of drug-likeness (QED) is 0.563. The summed E-state index contributed by atoms with van der Waals surface area (Å²) in [5.74, 6) is 0.847. The van der Waals surface area contributed by atoms with Crippen LogP contribution >= 0.6 is 11.6 Å². The van der Waals surface area contributed by atoms with Crippen LogP contribution in [0.5, 0.6) is 0 Å². The van der Waals surface area contributed by atoms with Crippen LogP contribution < -0.4 is 0 Å². The third-order valence-electron chi connectivity index (χ3n) is 6.78. The average Bonchev–Trinajstić information content (AvgIpc) is 3.16. The molecule has 0 radical (unpaired) electrons. The highest BCUT2D eigenvalue weighted by Gasteiger charge is 2.42. The zero-order valence-electron chi connectivity index (χ0n) is 18.8. The van der Waals surface area contributed by atoms with Crippen LogP contribution in [0.25, 0.3) is 6.08 Å². The Hall–Kier alpha value is -2.47. The molecule has 1 saturated heterocycles. The average molecular weight is 464 g/mol. The first-order valence-corrected chi connectivity index (χ1v) is 12.3. The van der Waals surface area contributed by atoms with Gasteiger partial charge in [-0.2, -0.15) is 0 Å². The van der Waals surface area contributed by atoms with Gasteiger partial charge in [0.15, 0.2) is 0 Å². The van der Waals surface area contributed by atoms with Crippen molar-refractivity contribution < 1.29 is 9.53 Å².